The van der Waals surface area contributed by atoms with Gasteiger partial charge in [0.1, 0.15) is 0 Å². The van der Waals surface area contributed by atoms with Crippen LogP contribution in [0.25, 0.3) is 0 Å². The van der Waals surface area contributed by atoms with Crippen molar-refractivity contribution >= 4 is 47.0 Å². The number of rotatable bonds is 7. The molecule has 0 rings (SSSR count). The van der Waals surface area contributed by atoms with Gasteiger partial charge < -0.3 is 15.8 Å². The van der Waals surface area contributed by atoms with Gasteiger partial charge in [0.2, 0.25) is 0 Å². The molecule has 96 valence electrons. The van der Waals surface area contributed by atoms with Gasteiger partial charge in [0.25, 0.3) is 0 Å². The first kappa shape index (κ1) is 18.2. The van der Waals surface area contributed by atoms with Crippen molar-refractivity contribution in [1.29, 1.82) is 5.41 Å². The molecule has 0 bridgehead atoms. The third kappa shape index (κ3) is 13.8. The van der Waals surface area contributed by atoms with Crippen LogP contribution in [-0.2, 0) is 4.74 Å². The molecule has 0 saturated heterocycles. The van der Waals surface area contributed by atoms with E-state index in [1.54, 1.807) is 0 Å². The summed E-state index contributed by atoms with van der Waals surface area (Å²) in [5, 5.41) is 9.58. The Morgan fingerprint density at radius 1 is 1.50 bits per heavy atom. The van der Waals surface area contributed by atoms with Crippen molar-refractivity contribution in [2.45, 2.75) is 26.2 Å². The Morgan fingerprint density at radius 3 is 2.75 bits per heavy atom. The van der Waals surface area contributed by atoms with Crippen LogP contribution in [0.3, 0.4) is 0 Å². The number of carbonyl (C=O) groups is 1. The first-order valence-corrected chi connectivity index (χ1v) is 6.02. The van der Waals surface area contributed by atoms with Crippen LogP contribution in [0.4, 0.5) is 4.79 Å². The Kier molecular flexibility index (Phi) is 14.7. The fourth-order valence-electron chi connectivity index (χ4n) is 0.882. The molecule has 0 unspecified atom stereocenters. The van der Waals surface area contributed by atoms with Gasteiger partial charge in [0.15, 0.2) is 5.17 Å². The second-order valence-electron chi connectivity index (χ2n) is 2.98. The zero-order valence-electron chi connectivity index (χ0n) is 9.45. The maximum absolute atomic E-state index is 11.0. The second-order valence-corrected chi connectivity index (χ2v) is 4.12. The van der Waals surface area contributed by atoms with E-state index in [1.807, 2.05) is 0 Å². The molecule has 0 aromatic rings. The fourth-order valence-corrected chi connectivity index (χ4v) is 1.31. The molecule has 5 nitrogen and oxygen atoms in total. The Labute approximate surface area is 118 Å². The summed E-state index contributed by atoms with van der Waals surface area (Å²) in [6, 6.07) is 0. The topological polar surface area (TPSA) is 88.2 Å². The molecular formula is C9H20IN3O2S. The highest BCUT2D eigenvalue weighted by Crippen LogP contribution is 1.96. The highest BCUT2D eigenvalue weighted by atomic mass is 127. The predicted octanol–water partition coefficient (Wildman–Crippen LogP) is 2.15. The van der Waals surface area contributed by atoms with Crippen molar-refractivity contribution in [3.63, 3.8) is 0 Å². The van der Waals surface area contributed by atoms with Crippen LogP contribution in [0.1, 0.15) is 26.2 Å². The Morgan fingerprint density at radius 2 is 2.19 bits per heavy atom. The number of ether oxygens (including phenoxy) is 1. The summed E-state index contributed by atoms with van der Waals surface area (Å²) >= 11 is 1.20. The molecular weight excluding hydrogens is 341 g/mol. The lowest BCUT2D eigenvalue weighted by Crippen LogP contribution is -2.27. The van der Waals surface area contributed by atoms with Gasteiger partial charge in [0, 0.05) is 12.3 Å². The number of nitrogens with two attached hydrogens (primary N) is 1. The van der Waals surface area contributed by atoms with Gasteiger partial charge in [-0.3, -0.25) is 5.41 Å². The van der Waals surface area contributed by atoms with Crippen LogP contribution in [0.5, 0.6) is 0 Å². The smallest absolute Gasteiger partial charge is 0.407 e. The van der Waals surface area contributed by atoms with Gasteiger partial charge in [-0.2, -0.15) is 0 Å². The molecule has 0 atom stereocenters. The average Bonchev–Trinajstić information content (AvgIpc) is 2.19. The molecule has 0 heterocycles. The predicted molar refractivity (Wildman–Crippen MR) is 78.7 cm³/mol. The molecule has 0 radical (unpaired) electrons. The largest absolute Gasteiger partial charge is 0.450 e. The van der Waals surface area contributed by atoms with Crippen molar-refractivity contribution in [2.75, 3.05) is 18.9 Å². The molecule has 1 amide bonds. The van der Waals surface area contributed by atoms with Crippen molar-refractivity contribution < 1.29 is 9.53 Å². The van der Waals surface area contributed by atoms with Crippen molar-refractivity contribution in [3.05, 3.63) is 0 Å². The summed E-state index contributed by atoms with van der Waals surface area (Å²) in [6.07, 6.45) is 2.70. The van der Waals surface area contributed by atoms with E-state index in [0.717, 1.165) is 19.3 Å². The van der Waals surface area contributed by atoms with Crippen LogP contribution in [-0.4, -0.2) is 30.2 Å². The first-order valence-electron chi connectivity index (χ1n) is 5.04. The zero-order valence-corrected chi connectivity index (χ0v) is 12.6. The Bertz CT molecular complexity index is 205. The number of amides is 1. The van der Waals surface area contributed by atoms with E-state index in [9.17, 15) is 4.79 Å². The molecule has 0 saturated carbocycles. The van der Waals surface area contributed by atoms with Crippen molar-refractivity contribution in [1.82, 2.24) is 5.32 Å². The number of amidine groups is 1. The summed E-state index contributed by atoms with van der Waals surface area (Å²) in [5.41, 5.74) is 5.13. The Balaban J connectivity index is 0. The summed E-state index contributed by atoms with van der Waals surface area (Å²) in [6.45, 7) is 3.04. The lowest BCUT2D eigenvalue weighted by Gasteiger charge is -2.05. The SMILES string of the molecule is CCCCCOC(=O)NCCSC(=N)N.I. The monoisotopic (exact) mass is 361 g/mol. The van der Waals surface area contributed by atoms with Crippen LogP contribution < -0.4 is 11.1 Å². The minimum Gasteiger partial charge on any atom is -0.450 e. The van der Waals surface area contributed by atoms with Crippen LogP contribution >= 0.6 is 35.7 Å². The Hall–Kier alpha value is -0.180. The molecule has 0 aliphatic rings. The minimum absolute atomic E-state index is 0. The third-order valence-electron chi connectivity index (χ3n) is 1.61. The number of hydrogen-bond acceptors (Lipinski definition) is 4. The highest BCUT2D eigenvalue weighted by molar-refractivity contribution is 14.0. The van der Waals surface area contributed by atoms with E-state index >= 15 is 0 Å². The normalized spacial score (nSPS) is 9.06. The van der Waals surface area contributed by atoms with E-state index in [-0.39, 0.29) is 29.1 Å². The lowest BCUT2D eigenvalue weighted by atomic mass is 10.3. The van der Waals surface area contributed by atoms with E-state index in [2.05, 4.69) is 12.2 Å². The van der Waals surface area contributed by atoms with Gasteiger partial charge in [-0.05, 0) is 6.42 Å². The number of nitrogens with one attached hydrogen (secondary N) is 2. The summed E-state index contributed by atoms with van der Waals surface area (Å²) in [4.78, 5) is 11.0. The molecule has 0 fully saturated rings. The number of alkyl carbamates (subject to hydrolysis) is 1. The van der Waals surface area contributed by atoms with Crippen LogP contribution in [0, 0.1) is 5.41 Å². The number of hydrogen-bond donors (Lipinski definition) is 3. The number of thioether (sulfide) groups is 1. The molecule has 4 N–H and O–H groups in total. The molecule has 7 heteroatoms. The molecule has 16 heavy (non-hydrogen) atoms. The summed E-state index contributed by atoms with van der Waals surface area (Å²) in [7, 11) is 0. The van der Waals surface area contributed by atoms with Gasteiger partial charge in [-0.1, -0.05) is 31.5 Å². The summed E-state index contributed by atoms with van der Waals surface area (Å²) in [5.74, 6) is 0.597. The lowest BCUT2D eigenvalue weighted by molar-refractivity contribution is 0.144. The van der Waals surface area contributed by atoms with E-state index in [0.29, 0.717) is 18.9 Å². The quantitative estimate of drug-likeness (QED) is 0.281. The molecule has 0 aromatic heterocycles. The van der Waals surface area contributed by atoms with Gasteiger partial charge in [0.05, 0.1) is 6.61 Å². The van der Waals surface area contributed by atoms with Gasteiger partial charge in [-0.15, -0.1) is 24.0 Å². The third-order valence-corrected chi connectivity index (χ3v) is 2.33. The molecule has 0 aliphatic heterocycles. The minimum atomic E-state index is -0.393. The van der Waals surface area contributed by atoms with E-state index in [1.165, 1.54) is 11.8 Å². The van der Waals surface area contributed by atoms with Gasteiger partial charge >= 0.3 is 6.09 Å². The average molecular weight is 361 g/mol. The summed E-state index contributed by atoms with van der Waals surface area (Å²) < 4.78 is 4.91. The first-order chi connectivity index (χ1) is 7.16. The fraction of sp³-hybridized carbons (Fsp3) is 0.778. The van der Waals surface area contributed by atoms with Gasteiger partial charge in [-0.25, -0.2) is 4.79 Å². The molecule has 0 aliphatic carbocycles. The molecule has 0 spiro atoms. The highest BCUT2D eigenvalue weighted by Gasteiger charge is 2.00. The van der Waals surface area contributed by atoms with E-state index in [4.69, 9.17) is 15.9 Å². The van der Waals surface area contributed by atoms with E-state index < -0.39 is 6.09 Å². The number of unbranched alkanes of at least 4 members (excludes halogenated alkanes) is 2. The van der Waals surface area contributed by atoms with Crippen LogP contribution in [0.15, 0.2) is 0 Å². The maximum Gasteiger partial charge on any atom is 0.407 e. The zero-order chi connectivity index (χ0) is 11.5. The van der Waals surface area contributed by atoms with Crippen molar-refractivity contribution in [2.24, 2.45) is 5.73 Å². The van der Waals surface area contributed by atoms with Crippen LogP contribution in [0.2, 0.25) is 0 Å². The standard InChI is InChI=1S/C9H19N3O2S.HI/c1-2-3-4-6-14-9(13)12-5-7-15-8(10)11;/h2-7H2,1H3,(H3,10,11)(H,12,13);1H. The second kappa shape index (κ2) is 12.9. The van der Waals surface area contributed by atoms with Crippen molar-refractivity contribution in [3.8, 4) is 0 Å². The molecule has 0 aromatic carbocycles. The maximum atomic E-state index is 11.0. The number of carbonyl (C=O) groups excluding carboxylic acids is 1. The number of halogens is 1.